The van der Waals surface area contributed by atoms with Crippen molar-refractivity contribution < 1.29 is 9.59 Å². The van der Waals surface area contributed by atoms with Gasteiger partial charge in [0.15, 0.2) is 0 Å². The molecular formula is C23H28N2O2. The standard InChI is InChI=1S/C23H28N2O2/c1-17-9-11-18(12-10-17)15-23(2,3)24-22(27)20-13-14-21(26)25(20)16-19-7-5-4-6-8-19/h4-12,20H,13-16H2,1-3H3,(H,24,27). The van der Waals surface area contributed by atoms with E-state index >= 15 is 0 Å². The topological polar surface area (TPSA) is 49.4 Å². The Morgan fingerprint density at radius 1 is 1.07 bits per heavy atom. The van der Waals surface area contributed by atoms with E-state index in [4.69, 9.17) is 0 Å². The van der Waals surface area contributed by atoms with E-state index in [1.807, 2.05) is 44.2 Å². The monoisotopic (exact) mass is 364 g/mol. The van der Waals surface area contributed by atoms with E-state index < -0.39 is 6.04 Å². The van der Waals surface area contributed by atoms with E-state index in [0.717, 1.165) is 12.0 Å². The minimum absolute atomic E-state index is 0.0512. The Balaban J connectivity index is 1.66. The van der Waals surface area contributed by atoms with Crippen LogP contribution in [0, 0.1) is 6.92 Å². The first-order valence-corrected chi connectivity index (χ1v) is 9.55. The summed E-state index contributed by atoms with van der Waals surface area (Å²) in [6.07, 6.45) is 1.76. The molecule has 1 aliphatic heterocycles. The minimum atomic E-state index is -0.394. The van der Waals surface area contributed by atoms with Crippen molar-refractivity contribution >= 4 is 11.8 Å². The number of benzene rings is 2. The summed E-state index contributed by atoms with van der Waals surface area (Å²) < 4.78 is 0. The summed E-state index contributed by atoms with van der Waals surface area (Å²) in [6.45, 7) is 6.61. The van der Waals surface area contributed by atoms with Crippen LogP contribution in [0.1, 0.15) is 43.4 Å². The Kier molecular flexibility index (Phi) is 5.64. The number of hydrogen-bond acceptors (Lipinski definition) is 2. The number of hydrogen-bond donors (Lipinski definition) is 1. The van der Waals surface area contributed by atoms with Crippen LogP contribution in [0.5, 0.6) is 0 Å². The van der Waals surface area contributed by atoms with Gasteiger partial charge in [-0.2, -0.15) is 0 Å². The number of nitrogens with one attached hydrogen (secondary N) is 1. The third-order valence-corrected chi connectivity index (χ3v) is 5.05. The molecule has 1 heterocycles. The Hall–Kier alpha value is -2.62. The zero-order chi connectivity index (χ0) is 19.4. The van der Waals surface area contributed by atoms with Gasteiger partial charge in [0, 0.05) is 18.5 Å². The van der Waals surface area contributed by atoms with Gasteiger partial charge in [-0.3, -0.25) is 9.59 Å². The minimum Gasteiger partial charge on any atom is -0.349 e. The van der Waals surface area contributed by atoms with Gasteiger partial charge in [-0.1, -0.05) is 60.2 Å². The molecule has 1 N–H and O–H groups in total. The highest BCUT2D eigenvalue weighted by atomic mass is 16.2. The fourth-order valence-corrected chi connectivity index (χ4v) is 3.66. The van der Waals surface area contributed by atoms with E-state index in [9.17, 15) is 9.59 Å². The summed E-state index contributed by atoms with van der Waals surface area (Å²) >= 11 is 0. The molecule has 0 aromatic heterocycles. The third kappa shape index (κ3) is 4.97. The van der Waals surface area contributed by atoms with Crippen LogP contribution in [0.25, 0.3) is 0 Å². The van der Waals surface area contributed by atoms with Crippen LogP contribution >= 0.6 is 0 Å². The molecule has 0 saturated carbocycles. The fraction of sp³-hybridized carbons (Fsp3) is 0.391. The molecule has 1 atom stereocenters. The average molecular weight is 364 g/mol. The van der Waals surface area contributed by atoms with Crippen molar-refractivity contribution in [1.82, 2.24) is 10.2 Å². The highest BCUT2D eigenvalue weighted by Gasteiger charge is 2.37. The summed E-state index contributed by atoms with van der Waals surface area (Å²) in [5.74, 6) is -0.00997. The van der Waals surface area contributed by atoms with Gasteiger partial charge >= 0.3 is 0 Å². The molecule has 2 amide bonds. The normalized spacial score (nSPS) is 17.2. The number of rotatable bonds is 6. The zero-order valence-corrected chi connectivity index (χ0v) is 16.4. The predicted octanol–water partition coefficient (Wildman–Crippen LogP) is 3.62. The van der Waals surface area contributed by atoms with Gasteiger partial charge in [-0.25, -0.2) is 0 Å². The van der Waals surface area contributed by atoms with E-state index in [1.165, 1.54) is 11.1 Å². The third-order valence-electron chi connectivity index (χ3n) is 5.05. The molecule has 4 heteroatoms. The molecule has 1 fully saturated rings. The predicted molar refractivity (Wildman–Crippen MR) is 107 cm³/mol. The molecule has 0 radical (unpaired) electrons. The van der Waals surface area contributed by atoms with Gasteiger partial charge in [-0.15, -0.1) is 0 Å². The second-order valence-corrected chi connectivity index (χ2v) is 8.10. The lowest BCUT2D eigenvalue weighted by atomic mass is 9.94. The van der Waals surface area contributed by atoms with Gasteiger partial charge in [-0.05, 0) is 44.7 Å². The summed E-state index contributed by atoms with van der Waals surface area (Å²) in [5, 5.41) is 3.16. The molecule has 1 saturated heterocycles. The van der Waals surface area contributed by atoms with Crippen LogP contribution < -0.4 is 5.32 Å². The maximum atomic E-state index is 12.9. The molecule has 2 aromatic carbocycles. The Labute approximate surface area is 161 Å². The Morgan fingerprint density at radius 3 is 2.41 bits per heavy atom. The molecule has 4 nitrogen and oxygen atoms in total. The van der Waals surface area contributed by atoms with Gasteiger partial charge in [0.1, 0.15) is 6.04 Å². The SMILES string of the molecule is Cc1ccc(CC(C)(C)NC(=O)C2CCC(=O)N2Cc2ccccc2)cc1. The number of aryl methyl sites for hydroxylation is 1. The summed E-state index contributed by atoms with van der Waals surface area (Å²) in [6, 6.07) is 17.8. The average Bonchev–Trinajstić information content (AvgIpc) is 2.98. The highest BCUT2D eigenvalue weighted by Crippen LogP contribution is 2.23. The van der Waals surface area contributed by atoms with Crippen molar-refractivity contribution in [2.75, 3.05) is 0 Å². The summed E-state index contributed by atoms with van der Waals surface area (Å²) in [4.78, 5) is 27.0. The molecule has 1 unspecified atom stereocenters. The molecule has 1 aliphatic rings. The van der Waals surface area contributed by atoms with E-state index in [0.29, 0.717) is 19.4 Å². The Morgan fingerprint density at radius 2 is 1.74 bits per heavy atom. The molecule has 142 valence electrons. The number of likely N-dealkylation sites (tertiary alicyclic amines) is 1. The molecule has 2 aromatic rings. The van der Waals surface area contributed by atoms with Crippen molar-refractivity contribution in [1.29, 1.82) is 0 Å². The maximum absolute atomic E-state index is 12.9. The lowest BCUT2D eigenvalue weighted by Gasteiger charge is -2.31. The van der Waals surface area contributed by atoms with Gasteiger partial charge in [0.2, 0.25) is 11.8 Å². The van der Waals surface area contributed by atoms with Crippen molar-refractivity contribution in [3.63, 3.8) is 0 Å². The van der Waals surface area contributed by atoms with E-state index in [2.05, 4.69) is 36.5 Å². The molecule has 0 bridgehead atoms. The lowest BCUT2D eigenvalue weighted by Crippen LogP contribution is -2.52. The summed E-state index contributed by atoms with van der Waals surface area (Å²) in [7, 11) is 0. The van der Waals surface area contributed by atoms with Crippen molar-refractivity contribution in [2.24, 2.45) is 0 Å². The smallest absolute Gasteiger partial charge is 0.243 e. The van der Waals surface area contributed by atoms with Crippen LogP contribution in [-0.4, -0.2) is 28.3 Å². The van der Waals surface area contributed by atoms with Crippen LogP contribution in [0.4, 0.5) is 0 Å². The van der Waals surface area contributed by atoms with E-state index in [-0.39, 0.29) is 17.4 Å². The molecule has 27 heavy (non-hydrogen) atoms. The van der Waals surface area contributed by atoms with Crippen LogP contribution in [0.2, 0.25) is 0 Å². The lowest BCUT2D eigenvalue weighted by molar-refractivity contribution is -0.136. The zero-order valence-electron chi connectivity index (χ0n) is 16.4. The van der Waals surface area contributed by atoms with Crippen LogP contribution in [0.3, 0.4) is 0 Å². The van der Waals surface area contributed by atoms with E-state index in [1.54, 1.807) is 4.90 Å². The number of amides is 2. The first-order chi connectivity index (χ1) is 12.8. The molecule has 3 rings (SSSR count). The Bertz CT molecular complexity index is 797. The number of nitrogens with zero attached hydrogens (tertiary/aromatic N) is 1. The number of carbonyl (C=O) groups excluding carboxylic acids is 2. The second-order valence-electron chi connectivity index (χ2n) is 8.10. The van der Waals surface area contributed by atoms with Crippen molar-refractivity contribution in [3.8, 4) is 0 Å². The second kappa shape index (κ2) is 7.95. The van der Waals surface area contributed by atoms with Crippen LogP contribution in [0.15, 0.2) is 54.6 Å². The van der Waals surface area contributed by atoms with Crippen molar-refractivity contribution in [3.05, 3.63) is 71.3 Å². The maximum Gasteiger partial charge on any atom is 0.243 e. The van der Waals surface area contributed by atoms with Gasteiger partial charge in [0.05, 0.1) is 0 Å². The molecular weight excluding hydrogens is 336 g/mol. The fourth-order valence-electron chi connectivity index (χ4n) is 3.66. The van der Waals surface area contributed by atoms with Gasteiger partial charge in [0.25, 0.3) is 0 Å². The molecule has 0 aliphatic carbocycles. The first-order valence-electron chi connectivity index (χ1n) is 9.55. The quantitative estimate of drug-likeness (QED) is 0.851. The largest absolute Gasteiger partial charge is 0.349 e. The molecule has 0 spiro atoms. The number of carbonyl (C=O) groups is 2. The summed E-state index contributed by atoms with van der Waals surface area (Å²) in [5.41, 5.74) is 3.08. The first kappa shape index (κ1) is 19.2. The van der Waals surface area contributed by atoms with Crippen molar-refractivity contribution in [2.45, 2.75) is 58.2 Å². The van der Waals surface area contributed by atoms with Crippen LogP contribution in [-0.2, 0) is 22.6 Å². The van der Waals surface area contributed by atoms with Gasteiger partial charge < -0.3 is 10.2 Å². The highest BCUT2D eigenvalue weighted by molar-refractivity contribution is 5.91.